The molecule has 0 bridgehead atoms. The highest BCUT2D eigenvalue weighted by Crippen LogP contribution is 2.37. The number of rotatable bonds is 9. The van der Waals surface area contributed by atoms with Crippen molar-refractivity contribution in [2.75, 3.05) is 13.7 Å². The van der Waals surface area contributed by atoms with E-state index in [0.717, 1.165) is 16.7 Å². The third kappa shape index (κ3) is 4.49. The smallest absolute Gasteiger partial charge is 0.325 e. The molecule has 0 saturated heterocycles. The van der Waals surface area contributed by atoms with Gasteiger partial charge in [0.1, 0.15) is 12.6 Å². The summed E-state index contributed by atoms with van der Waals surface area (Å²) in [5.41, 5.74) is 2.17. The number of ether oxygens (including phenoxy) is 1. The van der Waals surface area contributed by atoms with Gasteiger partial charge in [-0.05, 0) is 28.8 Å². The molecule has 190 valence electrons. The molecular formula is C31H26N2O5. The van der Waals surface area contributed by atoms with Crippen molar-refractivity contribution < 1.29 is 24.0 Å². The van der Waals surface area contributed by atoms with Crippen LogP contribution in [0.3, 0.4) is 0 Å². The first-order valence-electron chi connectivity index (χ1n) is 12.2. The van der Waals surface area contributed by atoms with Crippen LogP contribution >= 0.6 is 0 Å². The Kier molecular flexibility index (Phi) is 7.13. The maximum Gasteiger partial charge on any atom is 0.325 e. The zero-order valence-electron chi connectivity index (χ0n) is 20.7. The lowest BCUT2D eigenvalue weighted by molar-refractivity contribution is -0.151. The lowest BCUT2D eigenvalue weighted by Crippen LogP contribution is -2.55. The molecule has 5 rings (SSSR count). The van der Waals surface area contributed by atoms with Gasteiger partial charge in [-0.3, -0.25) is 24.5 Å². The molecule has 0 aliphatic carbocycles. The average molecular weight is 507 g/mol. The summed E-state index contributed by atoms with van der Waals surface area (Å²) in [6.07, 6.45) is 0. The summed E-state index contributed by atoms with van der Waals surface area (Å²) in [5, 5.41) is 4.20. The van der Waals surface area contributed by atoms with E-state index in [-0.39, 0.29) is 17.7 Å². The summed E-state index contributed by atoms with van der Waals surface area (Å²) < 4.78 is 5.13. The van der Waals surface area contributed by atoms with Crippen LogP contribution in [-0.4, -0.2) is 42.6 Å². The summed E-state index contributed by atoms with van der Waals surface area (Å²) in [7, 11) is 1.29. The molecule has 2 amide bonds. The minimum atomic E-state index is -1.05. The molecule has 1 aliphatic heterocycles. The van der Waals surface area contributed by atoms with E-state index < -0.39 is 29.4 Å². The molecule has 1 N–H and O–H groups in total. The standard InChI is InChI=1S/C31H26N2O5/c1-37-30(36)27(21-38-33-28(34)25-19-11-12-20-26(25)29(33)35)32-31(22-13-5-2-6-14-22,23-15-7-3-8-16-23)24-17-9-4-10-18-24/h2-20,27,32H,21H2,1H3/t27-/m0/s1. The van der Waals surface area contributed by atoms with Crippen LogP contribution in [0.2, 0.25) is 0 Å². The molecule has 1 atom stereocenters. The van der Waals surface area contributed by atoms with Crippen molar-refractivity contribution in [3.8, 4) is 0 Å². The monoisotopic (exact) mass is 506 g/mol. The second kappa shape index (κ2) is 10.8. The fourth-order valence-corrected chi connectivity index (χ4v) is 4.82. The Hall–Kier alpha value is -4.59. The molecular weight excluding hydrogens is 480 g/mol. The highest BCUT2D eigenvalue weighted by molar-refractivity contribution is 6.20. The van der Waals surface area contributed by atoms with E-state index in [4.69, 9.17) is 9.57 Å². The third-order valence-electron chi connectivity index (χ3n) is 6.62. The van der Waals surface area contributed by atoms with Crippen LogP contribution in [-0.2, 0) is 19.9 Å². The van der Waals surface area contributed by atoms with Gasteiger partial charge in [0.15, 0.2) is 0 Å². The summed E-state index contributed by atoms with van der Waals surface area (Å²) in [4.78, 5) is 44.5. The number of amides is 2. The van der Waals surface area contributed by atoms with Crippen LogP contribution < -0.4 is 5.32 Å². The number of benzene rings is 4. The molecule has 0 radical (unpaired) electrons. The Balaban J connectivity index is 1.55. The number of hydrogen-bond acceptors (Lipinski definition) is 6. The van der Waals surface area contributed by atoms with Crippen molar-refractivity contribution in [1.82, 2.24) is 10.4 Å². The van der Waals surface area contributed by atoms with E-state index in [1.165, 1.54) is 7.11 Å². The number of hydrogen-bond donors (Lipinski definition) is 1. The Labute approximate surface area is 220 Å². The number of esters is 1. The van der Waals surface area contributed by atoms with Crippen molar-refractivity contribution >= 4 is 17.8 Å². The van der Waals surface area contributed by atoms with Gasteiger partial charge in [-0.25, -0.2) is 0 Å². The number of fused-ring (bicyclic) bond motifs is 1. The van der Waals surface area contributed by atoms with Crippen LogP contribution in [0, 0.1) is 0 Å². The zero-order valence-corrected chi connectivity index (χ0v) is 20.7. The molecule has 0 spiro atoms. The first-order valence-corrected chi connectivity index (χ1v) is 12.2. The lowest BCUT2D eigenvalue weighted by Gasteiger charge is -2.39. The molecule has 0 aromatic heterocycles. The van der Waals surface area contributed by atoms with Crippen LogP contribution in [0.1, 0.15) is 37.4 Å². The SMILES string of the molecule is COC(=O)[C@H](CON1C(=O)c2ccccc2C1=O)NC(c1ccccc1)(c1ccccc1)c1ccccc1. The maximum atomic E-state index is 13.1. The molecule has 4 aromatic carbocycles. The predicted molar refractivity (Wildman–Crippen MR) is 141 cm³/mol. The van der Waals surface area contributed by atoms with E-state index in [1.54, 1.807) is 24.3 Å². The molecule has 0 unspecified atom stereocenters. The van der Waals surface area contributed by atoms with Crippen molar-refractivity contribution in [3.05, 3.63) is 143 Å². The molecule has 1 aliphatic rings. The topological polar surface area (TPSA) is 84.9 Å². The van der Waals surface area contributed by atoms with Gasteiger partial charge in [0, 0.05) is 0 Å². The van der Waals surface area contributed by atoms with Crippen molar-refractivity contribution in [1.29, 1.82) is 0 Å². The van der Waals surface area contributed by atoms with Gasteiger partial charge in [-0.15, -0.1) is 5.06 Å². The first kappa shape index (κ1) is 25.1. The van der Waals surface area contributed by atoms with Crippen molar-refractivity contribution in [2.24, 2.45) is 0 Å². The normalized spacial score (nSPS) is 13.8. The number of methoxy groups -OCH3 is 1. The summed E-state index contributed by atoms with van der Waals surface area (Å²) in [6, 6.07) is 34.7. The number of carbonyl (C=O) groups excluding carboxylic acids is 3. The van der Waals surface area contributed by atoms with E-state index in [9.17, 15) is 14.4 Å². The molecule has 38 heavy (non-hydrogen) atoms. The van der Waals surface area contributed by atoms with Gasteiger partial charge in [0.25, 0.3) is 11.8 Å². The molecule has 0 fully saturated rings. The predicted octanol–water partition coefficient (Wildman–Crippen LogP) is 4.34. The van der Waals surface area contributed by atoms with Gasteiger partial charge < -0.3 is 4.74 Å². The van der Waals surface area contributed by atoms with E-state index in [1.807, 2.05) is 91.0 Å². The fourth-order valence-electron chi connectivity index (χ4n) is 4.82. The van der Waals surface area contributed by atoms with Crippen LogP contribution in [0.4, 0.5) is 0 Å². The van der Waals surface area contributed by atoms with Gasteiger partial charge in [0.05, 0.1) is 23.8 Å². The van der Waals surface area contributed by atoms with Crippen molar-refractivity contribution in [2.45, 2.75) is 11.6 Å². The maximum absolute atomic E-state index is 13.1. The molecule has 7 heteroatoms. The third-order valence-corrected chi connectivity index (χ3v) is 6.62. The first-order chi connectivity index (χ1) is 18.6. The Morgan fingerprint density at radius 3 is 1.50 bits per heavy atom. The fraction of sp³-hybridized carbons (Fsp3) is 0.129. The van der Waals surface area contributed by atoms with Gasteiger partial charge in [0.2, 0.25) is 0 Å². The van der Waals surface area contributed by atoms with E-state index in [0.29, 0.717) is 5.06 Å². The number of nitrogens with zero attached hydrogens (tertiary/aromatic N) is 1. The largest absolute Gasteiger partial charge is 0.468 e. The Morgan fingerprint density at radius 2 is 1.11 bits per heavy atom. The van der Waals surface area contributed by atoms with Gasteiger partial charge in [-0.2, -0.15) is 0 Å². The van der Waals surface area contributed by atoms with Gasteiger partial charge >= 0.3 is 5.97 Å². The summed E-state index contributed by atoms with van der Waals surface area (Å²) in [6.45, 7) is -0.327. The number of carbonyl (C=O) groups is 3. The minimum Gasteiger partial charge on any atom is -0.468 e. The van der Waals surface area contributed by atoms with Crippen LogP contribution in [0.15, 0.2) is 115 Å². The minimum absolute atomic E-state index is 0.257. The summed E-state index contributed by atoms with van der Waals surface area (Å²) >= 11 is 0. The molecule has 1 heterocycles. The van der Waals surface area contributed by atoms with E-state index in [2.05, 4.69) is 5.32 Å². The van der Waals surface area contributed by atoms with E-state index >= 15 is 0 Å². The highest BCUT2D eigenvalue weighted by Gasteiger charge is 2.42. The molecule has 7 nitrogen and oxygen atoms in total. The second-order valence-corrected chi connectivity index (χ2v) is 8.81. The summed E-state index contributed by atoms with van der Waals surface area (Å²) in [5.74, 6) is -1.75. The Morgan fingerprint density at radius 1 is 0.711 bits per heavy atom. The quantitative estimate of drug-likeness (QED) is 0.207. The van der Waals surface area contributed by atoms with Crippen molar-refractivity contribution in [3.63, 3.8) is 0 Å². The number of imide groups is 1. The van der Waals surface area contributed by atoms with Crippen LogP contribution in [0.25, 0.3) is 0 Å². The van der Waals surface area contributed by atoms with Crippen LogP contribution in [0.5, 0.6) is 0 Å². The average Bonchev–Trinajstić information content (AvgIpc) is 3.23. The molecule has 0 saturated carbocycles. The Bertz CT molecular complexity index is 1310. The number of nitrogens with one attached hydrogen (secondary N) is 1. The number of hydroxylamine groups is 2. The zero-order chi connectivity index (χ0) is 26.5. The lowest BCUT2D eigenvalue weighted by atomic mass is 9.76. The second-order valence-electron chi connectivity index (χ2n) is 8.81. The highest BCUT2D eigenvalue weighted by atomic mass is 16.7. The molecule has 4 aromatic rings. The van der Waals surface area contributed by atoms with Gasteiger partial charge in [-0.1, -0.05) is 103 Å².